The fourth-order valence-electron chi connectivity index (χ4n) is 3.38. The molecule has 2 heterocycles. The van der Waals surface area contributed by atoms with Gasteiger partial charge in [-0.15, -0.1) is 10.2 Å². The van der Waals surface area contributed by atoms with Crippen LogP contribution >= 0.6 is 11.6 Å². The quantitative estimate of drug-likeness (QED) is 0.482. The van der Waals surface area contributed by atoms with E-state index in [0.29, 0.717) is 42.5 Å². The Labute approximate surface area is 171 Å². The fourth-order valence-corrected chi connectivity index (χ4v) is 3.57. The Morgan fingerprint density at radius 1 is 1.00 bits per heavy atom. The first-order chi connectivity index (χ1) is 14.0. The molecule has 0 atom stereocenters. The first-order valence-corrected chi connectivity index (χ1v) is 9.34. The molecule has 1 aromatic heterocycles. The van der Waals surface area contributed by atoms with Crippen LogP contribution in [0.15, 0.2) is 55.1 Å². The molecule has 0 radical (unpaired) electrons. The average molecular weight is 413 g/mol. The molecule has 2 aromatic carbocycles. The van der Waals surface area contributed by atoms with Gasteiger partial charge in [0, 0.05) is 48.9 Å². The summed E-state index contributed by atoms with van der Waals surface area (Å²) in [6.45, 7) is 2.26. The number of hydrogen-bond donors (Lipinski definition) is 0. The third-order valence-electron chi connectivity index (χ3n) is 4.85. The number of non-ortho nitro benzene ring substituents is 1. The van der Waals surface area contributed by atoms with Crippen LogP contribution in [0.2, 0.25) is 5.02 Å². The molecule has 1 fully saturated rings. The highest BCUT2D eigenvalue weighted by atomic mass is 35.5. The van der Waals surface area contributed by atoms with Crippen LogP contribution in [0.3, 0.4) is 0 Å². The summed E-state index contributed by atoms with van der Waals surface area (Å²) in [7, 11) is 0. The van der Waals surface area contributed by atoms with Crippen molar-refractivity contribution >= 4 is 28.9 Å². The lowest BCUT2D eigenvalue weighted by molar-refractivity contribution is -0.384. The molecule has 29 heavy (non-hydrogen) atoms. The first kappa shape index (κ1) is 18.9. The maximum absolute atomic E-state index is 12.7. The van der Waals surface area contributed by atoms with Gasteiger partial charge in [0.15, 0.2) is 0 Å². The topological polar surface area (TPSA) is 97.4 Å². The normalized spacial score (nSPS) is 14.1. The number of nitrogens with zero attached hydrogens (tertiary/aromatic N) is 6. The zero-order chi connectivity index (χ0) is 20.4. The van der Waals surface area contributed by atoms with E-state index in [9.17, 15) is 14.9 Å². The van der Waals surface area contributed by atoms with Gasteiger partial charge in [0.05, 0.1) is 16.3 Å². The number of nitro benzene ring substituents is 1. The minimum absolute atomic E-state index is 0.00720. The largest absolute Gasteiger partial charge is 0.366 e. The standard InChI is InChI=1S/C19H17ClN6O3/c20-15-3-1-2-14(10-15)19(27)24-8-6-23(7-9-24)17-5-4-16(26(28)29)11-18(17)25-12-21-22-13-25/h1-5,10-13H,6-9H2. The Bertz CT molecular complexity index is 1050. The Balaban J connectivity index is 1.54. The molecular weight excluding hydrogens is 396 g/mol. The van der Waals surface area contributed by atoms with E-state index in [-0.39, 0.29) is 11.6 Å². The van der Waals surface area contributed by atoms with Crippen molar-refractivity contribution in [3.8, 4) is 5.69 Å². The minimum atomic E-state index is -0.431. The number of carbonyl (C=O) groups excluding carboxylic acids is 1. The van der Waals surface area contributed by atoms with Crippen LogP contribution in [-0.2, 0) is 0 Å². The van der Waals surface area contributed by atoms with Crippen LogP contribution in [-0.4, -0.2) is 56.7 Å². The van der Waals surface area contributed by atoms with Crippen LogP contribution in [0.1, 0.15) is 10.4 Å². The number of rotatable bonds is 4. The number of carbonyl (C=O) groups is 1. The molecule has 1 amide bonds. The monoisotopic (exact) mass is 412 g/mol. The SMILES string of the molecule is O=C(c1cccc(Cl)c1)N1CCN(c2ccc([N+](=O)[O-])cc2-n2cnnc2)CC1. The molecule has 0 N–H and O–H groups in total. The highest BCUT2D eigenvalue weighted by molar-refractivity contribution is 6.30. The highest BCUT2D eigenvalue weighted by Gasteiger charge is 2.25. The van der Waals surface area contributed by atoms with Crippen LogP contribution in [0.25, 0.3) is 5.69 Å². The van der Waals surface area contributed by atoms with Gasteiger partial charge >= 0.3 is 0 Å². The highest BCUT2D eigenvalue weighted by Crippen LogP contribution is 2.29. The third kappa shape index (κ3) is 3.90. The molecule has 1 aliphatic rings. The van der Waals surface area contributed by atoms with Crippen LogP contribution in [0.5, 0.6) is 0 Å². The molecule has 4 rings (SSSR count). The summed E-state index contributed by atoms with van der Waals surface area (Å²) in [6, 6.07) is 11.6. The summed E-state index contributed by atoms with van der Waals surface area (Å²) >= 11 is 5.99. The molecule has 3 aromatic rings. The van der Waals surface area contributed by atoms with Crippen LogP contribution < -0.4 is 4.90 Å². The van der Waals surface area contributed by atoms with Crippen molar-refractivity contribution in [2.45, 2.75) is 0 Å². The van der Waals surface area contributed by atoms with Gasteiger partial charge in [0.1, 0.15) is 12.7 Å². The second-order valence-electron chi connectivity index (χ2n) is 6.59. The molecule has 9 nitrogen and oxygen atoms in total. The maximum atomic E-state index is 12.7. The van der Waals surface area contributed by atoms with E-state index in [4.69, 9.17) is 11.6 Å². The van der Waals surface area contributed by atoms with Crippen molar-refractivity contribution in [2.24, 2.45) is 0 Å². The lowest BCUT2D eigenvalue weighted by Crippen LogP contribution is -2.49. The summed E-state index contributed by atoms with van der Waals surface area (Å²) < 4.78 is 1.64. The van der Waals surface area contributed by atoms with Gasteiger partial charge in [-0.1, -0.05) is 17.7 Å². The predicted octanol–water partition coefficient (Wildman–Crippen LogP) is 2.79. The number of aromatic nitrogens is 3. The van der Waals surface area contributed by atoms with Crippen molar-refractivity contribution in [2.75, 3.05) is 31.1 Å². The molecule has 148 valence electrons. The summed E-state index contributed by atoms with van der Waals surface area (Å²) in [5.41, 5.74) is 2.00. The molecule has 0 aliphatic carbocycles. The maximum Gasteiger partial charge on any atom is 0.271 e. The van der Waals surface area contributed by atoms with Gasteiger partial charge in [0.25, 0.3) is 11.6 Å². The summed E-state index contributed by atoms with van der Waals surface area (Å²) in [6.07, 6.45) is 3.00. The third-order valence-corrected chi connectivity index (χ3v) is 5.08. The minimum Gasteiger partial charge on any atom is -0.366 e. The van der Waals surface area contributed by atoms with Gasteiger partial charge in [-0.3, -0.25) is 19.5 Å². The van der Waals surface area contributed by atoms with E-state index in [1.54, 1.807) is 39.8 Å². The number of nitro groups is 1. The number of hydrogen-bond acceptors (Lipinski definition) is 6. The molecule has 10 heteroatoms. The molecule has 0 spiro atoms. The number of benzene rings is 2. The molecule has 1 saturated heterocycles. The van der Waals surface area contributed by atoms with E-state index in [2.05, 4.69) is 15.1 Å². The van der Waals surface area contributed by atoms with Crippen molar-refractivity contribution < 1.29 is 9.72 Å². The zero-order valence-electron chi connectivity index (χ0n) is 15.3. The smallest absolute Gasteiger partial charge is 0.271 e. The van der Waals surface area contributed by atoms with Gasteiger partial charge in [-0.2, -0.15) is 0 Å². The zero-order valence-corrected chi connectivity index (χ0v) is 16.1. The lowest BCUT2D eigenvalue weighted by atomic mass is 10.1. The van der Waals surface area contributed by atoms with Gasteiger partial charge in [-0.05, 0) is 24.3 Å². The molecule has 0 bridgehead atoms. The predicted molar refractivity (Wildman–Crippen MR) is 108 cm³/mol. The Kier molecular flexibility index (Phi) is 5.13. The number of halogens is 1. The molecule has 0 unspecified atom stereocenters. The van der Waals surface area contributed by atoms with Crippen molar-refractivity contribution in [1.29, 1.82) is 0 Å². The molecule has 1 aliphatic heterocycles. The first-order valence-electron chi connectivity index (χ1n) is 8.96. The van der Waals surface area contributed by atoms with E-state index in [1.165, 1.54) is 24.8 Å². The van der Waals surface area contributed by atoms with E-state index in [0.717, 1.165) is 5.69 Å². The Hall–Kier alpha value is -3.46. The van der Waals surface area contributed by atoms with Crippen molar-refractivity contribution in [1.82, 2.24) is 19.7 Å². The fraction of sp³-hybridized carbons (Fsp3) is 0.211. The number of piperazine rings is 1. The van der Waals surface area contributed by atoms with Gasteiger partial charge in [0.2, 0.25) is 0 Å². The Morgan fingerprint density at radius 2 is 1.72 bits per heavy atom. The van der Waals surface area contributed by atoms with E-state index < -0.39 is 4.92 Å². The van der Waals surface area contributed by atoms with Gasteiger partial charge in [-0.25, -0.2) is 0 Å². The van der Waals surface area contributed by atoms with Crippen LogP contribution in [0, 0.1) is 10.1 Å². The van der Waals surface area contributed by atoms with Crippen molar-refractivity contribution in [3.05, 3.63) is 75.8 Å². The van der Waals surface area contributed by atoms with Gasteiger partial charge < -0.3 is 9.80 Å². The lowest BCUT2D eigenvalue weighted by Gasteiger charge is -2.37. The molecular formula is C19H17ClN6O3. The summed E-state index contributed by atoms with van der Waals surface area (Å²) in [5, 5.41) is 19.3. The Morgan fingerprint density at radius 3 is 2.38 bits per heavy atom. The summed E-state index contributed by atoms with van der Waals surface area (Å²) in [4.78, 5) is 27.4. The summed E-state index contributed by atoms with van der Waals surface area (Å²) in [5.74, 6) is -0.0603. The average Bonchev–Trinajstić information content (AvgIpc) is 3.28. The second-order valence-corrected chi connectivity index (χ2v) is 7.03. The van der Waals surface area contributed by atoms with E-state index in [1.807, 2.05) is 0 Å². The number of anilines is 1. The second kappa shape index (κ2) is 7.88. The number of amides is 1. The molecule has 0 saturated carbocycles. The van der Waals surface area contributed by atoms with Crippen molar-refractivity contribution in [3.63, 3.8) is 0 Å². The van der Waals surface area contributed by atoms with Crippen LogP contribution in [0.4, 0.5) is 11.4 Å². The van der Waals surface area contributed by atoms with E-state index >= 15 is 0 Å².